The number of halogens is 1. The first-order chi connectivity index (χ1) is 9.41. The lowest BCUT2D eigenvalue weighted by atomic mass is 9.96. The van der Waals surface area contributed by atoms with E-state index in [9.17, 15) is 14.9 Å². The monoisotopic (exact) mass is 296 g/mol. The van der Waals surface area contributed by atoms with Gasteiger partial charge >= 0.3 is 0 Å². The minimum Gasteiger partial charge on any atom is -0.333 e. The van der Waals surface area contributed by atoms with Crippen molar-refractivity contribution in [2.24, 2.45) is 0 Å². The van der Waals surface area contributed by atoms with Gasteiger partial charge in [-0.25, -0.2) is 0 Å². The van der Waals surface area contributed by atoms with E-state index in [0.29, 0.717) is 5.56 Å². The second kappa shape index (κ2) is 5.79. The third kappa shape index (κ3) is 2.77. The van der Waals surface area contributed by atoms with Gasteiger partial charge in [-0.15, -0.1) is 0 Å². The van der Waals surface area contributed by atoms with E-state index >= 15 is 0 Å². The number of nitro benzene ring substituents is 1. The van der Waals surface area contributed by atoms with Crippen LogP contribution in [-0.4, -0.2) is 27.8 Å². The lowest BCUT2D eigenvalue weighted by Crippen LogP contribution is -2.47. The van der Waals surface area contributed by atoms with E-state index in [1.165, 1.54) is 12.1 Å². The molecule has 108 valence electrons. The van der Waals surface area contributed by atoms with E-state index in [1.807, 2.05) is 18.7 Å². The molecule has 0 spiro atoms. The Balaban J connectivity index is 2.33. The van der Waals surface area contributed by atoms with Crippen LogP contribution < -0.4 is 0 Å². The molecule has 0 aliphatic carbocycles. The smallest absolute Gasteiger partial charge is 0.288 e. The van der Waals surface area contributed by atoms with Crippen LogP contribution in [0.25, 0.3) is 0 Å². The topological polar surface area (TPSA) is 63.5 Å². The van der Waals surface area contributed by atoms with Crippen LogP contribution in [0, 0.1) is 10.1 Å². The first kappa shape index (κ1) is 14.8. The van der Waals surface area contributed by atoms with Crippen molar-refractivity contribution in [3.63, 3.8) is 0 Å². The van der Waals surface area contributed by atoms with Crippen LogP contribution in [0.3, 0.4) is 0 Å². The second-order valence-corrected chi connectivity index (χ2v) is 5.67. The predicted molar refractivity (Wildman–Crippen MR) is 77.1 cm³/mol. The first-order valence-electron chi connectivity index (χ1n) is 6.68. The number of amides is 1. The Morgan fingerprint density at radius 2 is 1.95 bits per heavy atom. The molecule has 1 fully saturated rings. The number of hydrogen-bond acceptors (Lipinski definition) is 3. The average molecular weight is 297 g/mol. The third-order valence-corrected chi connectivity index (χ3v) is 4.14. The molecule has 2 rings (SSSR count). The Bertz CT molecular complexity index is 537. The summed E-state index contributed by atoms with van der Waals surface area (Å²) in [4.78, 5) is 24.7. The normalized spacial score (nSPS) is 22.6. The minimum absolute atomic E-state index is 0.0475. The zero-order valence-corrected chi connectivity index (χ0v) is 12.3. The van der Waals surface area contributed by atoms with Gasteiger partial charge in [0.2, 0.25) is 0 Å². The van der Waals surface area contributed by atoms with Gasteiger partial charge in [-0.1, -0.05) is 11.6 Å². The van der Waals surface area contributed by atoms with Gasteiger partial charge in [0.25, 0.3) is 11.6 Å². The molecule has 0 N–H and O–H groups in total. The summed E-state index contributed by atoms with van der Waals surface area (Å²) in [7, 11) is 0. The van der Waals surface area contributed by atoms with Crippen molar-refractivity contribution in [2.75, 3.05) is 0 Å². The van der Waals surface area contributed by atoms with Crippen molar-refractivity contribution in [3.05, 3.63) is 38.9 Å². The van der Waals surface area contributed by atoms with Crippen molar-refractivity contribution in [3.8, 4) is 0 Å². The number of benzene rings is 1. The molecule has 1 saturated heterocycles. The van der Waals surface area contributed by atoms with Gasteiger partial charge in [0.15, 0.2) is 0 Å². The number of nitro groups is 1. The van der Waals surface area contributed by atoms with Crippen LogP contribution in [0.15, 0.2) is 18.2 Å². The van der Waals surface area contributed by atoms with Crippen molar-refractivity contribution in [1.82, 2.24) is 4.90 Å². The first-order valence-corrected chi connectivity index (χ1v) is 7.06. The summed E-state index contributed by atoms with van der Waals surface area (Å²) in [6, 6.07) is 4.53. The summed E-state index contributed by atoms with van der Waals surface area (Å²) < 4.78 is 0. The van der Waals surface area contributed by atoms with Gasteiger partial charge < -0.3 is 4.90 Å². The molecular formula is C14H17ClN2O3. The maximum Gasteiger partial charge on any atom is 0.288 e. The van der Waals surface area contributed by atoms with Crippen LogP contribution in [-0.2, 0) is 0 Å². The number of piperidine rings is 1. The van der Waals surface area contributed by atoms with Gasteiger partial charge in [-0.2, -0.15) is 0 Å². The lowest BCUT2D eigenvalue weighted by molar-refractivity contribution is -0.384. The van der Waals surface area contributed by atoms with Crippen molar-refractivity contribution >= 4 is 23.2 Å². The molecule has 1 aromatic carbocycles. The summed E-state index contributed by atoms with van der Waals surface area (Å²) in [5, 5.41) is 10.9. The third-order valence-electron chi connectivity index (χ3n) is 3.82. The maximum absolute atomic E-state index is 12.6. The van der Waals surface area contributed by atoms with Crippen molar-refractivity contribution < 1.29 is 9.72 Å². The molecule has 20 heavy (non-hydrogen) atoms. The fourth-order valence-electron chi connectivity index (χ4n) is 2.76. The fraction of sp³-hybridized carbons (Fsp3) is 0.500. The zero-order chi connectivity index (χ0) is 14.9. The lowest BCUT2D eigenvalue weighted by Gasteiger charge is -2.39. The predicted octanol–water partition coefficient (Wildman–Crippen LogP) is 3.65. The van der Waals surface area contributed by atoms with Crippen molar-refractivity contribution in [1.29, 1.82) is 0 Å². The summed E-state index contributed by atoms with van der Waals surface area (Å²) in [5.41, 5.74) is 0.0940. The van der Waals surface area contributed by atoms with Gasteiger partial charge in [-0.05, 0) is 45.2 Å². The largest absolute Gasteiger partial charge is 0.333 e. The van der Waals surface area contributed by atoms with E-state index in [1.54, 1.807) is 6.07 Å². The van der Waals surface area contributed by atoms with E-state index in [0.717, 1.165) is 19.3 Å². The number of carbonyl (C=O) groups is 1. The Hall–Kier alpha value is -1.62. The number of rotatable bonds is 2. The van der Waals surface area contributed by atoms with E-state index in [4.69, 9.17) is 11.6 Å². The fourth-order valence-corrected chi connectivity index (χ4v) is 2.94. The molecule has 6 heteroatoms. The van der Waals surface area contributed by atoms with Crippen molar-refractivity contribution in [2.45, 2.75) is 45.2 Å². The van der Waals surface area contributed by atoms with Crippen LogP contribution in [0.1, 0.15) is 43.5 Å². The Kier molecular flexibility index (Phi) is 4.28. The Labute approximate surface area is 122 Å². The molecule has 0 radical (unpaired) electrons. The zero-order valence-electron chi connectivity index (χ0n) is 11.5. The summed E-state index contributed by atoms with van der Waals surface area (Å²) in [6.45, 7) is 4.02. The summed E-state index contributed by atoms with van der Waals surface area (Å²) >= 11 is 5.77. The highest BCUT2D eigenvalue weighted by atomic mass is 35.5. The maximum atomic E-state index is 12.6. The molecule has 1 aliphatic heterocycles. The Morgan fingerprint density at radius 3 is 2.50 bits per heavy atom. The van der Waals surface area contributed by atoms with Crippen LogP contribution in [0.2, 0.25) is 5.02 Å². The van der Waals surface area contributed by atoms with E-state index < -0.39 is 4.92 Å². The van der Waals surface area contributed by atoms with E-state index in [2.05, 4.69) is 0 Å². The van der Waals surface area contributed by atoms with Gasteiger partial charge in [-0.3, -0.25) is 14.9 Å². The number of likely N-dealkylation sites (tertiary alicyclic amines) is 1. The number of nitrogens with zero attached hydrogens (tertiary/aromatic N) is 2. The van der Waals surface area contributed by atoms with Gasteiger partial charge in [0, 0.05) is 23.7 Å². The molecule has 1 heterocycles. The SMILES string of the molecule is C[C@@H]1CCC[C@H](C)N1C(=O)c1ccc(Cl)c([N+](=O)[O-])c1. The van der Waals surface area contributed by atoms with Crippen LogP contribution in [0.5, 0.6) is 0 Å². The molecule has 0 aromatic heterocycles. The molecule has 0 saturated carbocycles. The quantitative estimate of drug-likeness (QED) is 0.618. The summed E-state index contributed by atoms with van der Waals surface area (Å²) in [5.74, 6) is -0.163. The molecule has 1 amide bonds. The molecule has 5 nitrogen and oxygen atoms in total. The molecule has 2 atom stereocenters. The van der Waals surface area contributed by atoms with E-state index in [-0.39, 0.29) is 28.7 Å². The number of carbonyl (C=O) groups excluding carboxylic acids is 1. The highest BCUT2D eigenvalue weighted by Gasteiger charge is 2.30. The molecule has 0 bridgehead atoms. The van der Waals surface area contributed by atoms with Crippen LogP contribution >= 0.6 is 11.6 Å². The minimum atomic E-state index is -0.567. The highest BCUT2D eigenvalue weighted by Crippen LogP contribution is 2.28. The van der Waals surface area contributed by atoms with Gasteiger partial charge in [0.1, 0.15) is 5.02 Å². The highest BCUT2D eigenvalue weighted by molar-refractivity contribution is 6.32. The molecule has 1 aliphatic rings. The Morgan fingerprint density at radius 1 is 1.35 bits per heavy atom. The number of hydrogen-bond donors (Lipinski definition) is 0. The molecule has 0 unspecified atom stereocenters. The molecular weight excluding hydrogens is 280 g/mol. The standard InChI is InChI=1S/C14H17ClN2O3/c1-9-4-3-5-10(2)16(9)14(18)11-6-7-12(15)13(8-11)17(19)20/h6-10H,3-5H2,1-2H3/t9-,10+. The van der Waals surface area contributed by atoms with Gasteiger partial charge in [0.05, 0.1) is 4.92 Å². The molecule has 1 aromatic rings. The summed E-state index contributed by atoms with van der Waals surface area (Å²) in [6.07, 6.45) is 3.03. The van der Waals surface area contributed by atoms with Crippen LogP contribution in [0.4, 0.5) is 5.69 Å². The average Bonchev–Trinajstić information content (AvgIpc) is 2.38. The second-order valence-electron chi connectivity index (χ2n) is 5.26.